The van der Waals surface area contributed by atoms with Crippen LogP contribution in [0.1, 0.15) is 18.9 Å². The van der Waals surface area contributed by atoms with E-state index in [1.165, 1.54) is 0 Å². The van der Waals surface area contributed by atoms with Gasteiger partial charge in [0.05, 0.1) is 0 Å². The predicted octanol–water partition coefficient (Wildman–Crippen LogP) is 2.66. The van der Waals surface area contributed by atoms with Crippen LogP contribution in [0, 0.1) is 0 Å². The summed E-state index contributed by atoms with van der Waals surface area (Å²) in [6.07, 6.45) is 1.47. The first-order valence-corrected chi connectivity index (χ1v) is 6.96. The molecule has 0 bridgehead atoms. The fraction of sp³-hybridized carbons (Fsp3) is 0.231. The van der Waals surface area contributed by atoms with Gasteiger partial charge in [0.2, 0.25) is 0 Å². The molecule has 1 radical (unpaired) electrons. The molecule has 2 aromatic rings. The number of hydrogen-bond donors (Lipinski definition) is 1. The van der Waals surface area contributed by atoms with Gasteiger partial charge in [-0.1, -0.05) is 49.7 Å². The van der Waals surface area contributed by atoms with Crippen molar-refractivity contribution in [1.29, 1.82) is 0 Å². The summed E-state index contributed by atoms with van der Waals surface area (Å²) in [5.41, 5.74) is 0.675. The third kappa shape index (κ3) is 3.13. The molecule has 0 aliphatic rings. The Morgan fingerprint density at radius 1 is 1.11 bits per heavy atom. The van der Waals surface area contributed by atoms with Gasteiger partial charge in [0, 0.05) is 34.9 Å². The first-order valence-electron chi connectivity index (χ1n) is 5.52. The zero-order valence-electron chi connectivity index (χ0n) is 10.6. The number of hydrogen-bond acceptors (Lipinski definition) is 2. The van der Waals surface area contributed by atoms with Gasteiger partial charge < -0.3 is 0 Å². The van der Waals surface area contributed by atoms with Gasteiger partial charge in [0.1, 0.15) is 4.90 Å². The molecule has 0 atom stereocenters. The van der Waals surface area contributed by atoms with E-state index in [0.29, 0.717) is 17.4 Å². The van der Waals surface area contributed by atoms with Crippen LogP contribution in [-0.4, -0.2) is 42.5 Å². The van der Waals surface area contributed by atoms with Crippen LogP contribution in [0.25, 0.3) is 10.8 Å². The Balaban J connectivity index is 0.00000162. The van der Waals surface area contributed by atoms with Crippen molar-refractivity contribution in [3.8, 4) is 0 Å². The molecule has 2 rings (SSSR count). The van der Waals surface area contributed by atoms with Crippen molar-refractivity contribution in [2.45, 2.75) is 24.7 Å². The Bertz CT molecular complexity index is 650. The molecule has 0 unspecified atom stereocenters. The van der Waals surface area contributed by atoms with Gasteiger partial charge in [-0.05, 0) is 17.4 Å². The molecular weight excluding hydrogens is 259 g/mol. The molecule has 0 aliphatic heterocycles. The maximum Gasteiger partial charge on any atom is 0.295 e. The van der Waals surface area contributed by atoms with Crippen LogP contribution in [-0.2, 0) is 16.5 Å². The Morgan fingerprint density at radius 3 is 2.39 bits per heavy atom. The molecular formula is C13H14NaO3S. The molecule has 18 heavy (non-hydrogen) atoms. The van der Waals surface area contributed by atoms with E-state index in [9.17, 15) is 13.0 Å². The quantitative estimate of drug-likeness (QED) is 0.691. The minimum absolute atomic E-state index is 0. The average molecular weight is 273 g/mol. The third-order valence-corrected chi connectivity index (χ3v) is 3.74. The summed E-state index contributed by atoms with van der Waals surface area (Å²) in [5.74, 6) is 0. The smallest absolute Gasteiger partial charge is 0.282 e. The second-order valence-corrected chi connectivity index (χ2v) is 5.36. The second-order valence-electron chi connectivity index (χ2n) is 4.00. The van der Waals surface area contributed by atoms with Crippen LogP contribution in [0.2, 0.25) is 0 Å². The monoisotopic (exact) mass is 273 g/mol. The fourth-order valence-electron chi connectivity index (χ4n) is 2.06. The van der Waals surface area contributed by atoms with Crippen LogP contribution in [0.4, 0.5) is 0 Å². The van der Waals surface area contributed by atoms with E-state index in [0.717, 1.165) is 11.8 Å². The molecule has 0 saturated heterocycles. The molecule has 91 valence electrons. The average Bonchev–Trinajstić information content (AvgIpc) is 2.27. The van der Waals surface area contributed by atoms with Gasteiger partial charge in [-0.25, -0.2) is 0 Å². The van der Waals surface area contributed by atoms with Crippen LogP contribution in [0.3, 0.4) is 0 Å². The Kier molecular flexibility index (Phi) is 5.37. The van der Waals surface area contributed by atoms with Gasteiger partial charge in [-0.15, -0.1) is 0 Å². The van der Waals surface area contributed by atoms with Crippen LogP contribution in [0.15, 0.2) is 41.3 Å². The molecule has 0 fully saturated rings. The third-order valence-electron chi connectivity index (χ3n) is 2.74. The molecule has 0 aromatic heterocycles. The summed E-state index contributed by atoms with van der Waals surface area (Å²) < 4.78 is 32.4. The molecule has 1 N–H and O–H groups in total. The summed E-state index contributed by atoms with van der Waals surface area (Å²) in [6.45, 7) is 1.98. The normalized spacial score (nSPS) is 11.2. The molecule has 0 saturated carbocycles. The SMILES string of the molecule is CCCc1ccc2ccccc2c1S(=O)(=O)O.[Na]. The van der Waals surface area contributed by atoms with Gasteiger partial charge in [-0.3, -0.25) is 4.55 Å². The number of aryl methyl sites for hydroxylation is 1. The van der Waals surface area contributed by atoms with Crippen molar-refractivity contribution < 1.29 is 13.0 Å². The molecule has 3 nitrogen and oxygen atoms in total. The molecule has 5 heteroatoms. The zero-order chi connectivity index (χ0) is 12.5. The van der Waals surface area contributed by atoms with Crippen molar-refractivity contribution in [3.63, 3.8) is 0 Å². The Hall–Kier alpha value is -0.390. The Labute approximate surface area is 129 Å². The van der Waals surface area contributed by atoms with Crippen molar-refractivity contribution in [1.82, 2.24) is 0 Å². The number of benzene rings is 2. The van der Waals surface area contributed by atoms with E-state index in [4.69, 9.17) is 0 Å². The van der Waals surface area contributed by atoms with E-state index in [-0.39, 0.29) is 34.5 Å². The predicted molar refractivity (Wildman–Crippen MR) is 73.5 cm³/mol. The van der Waals surface area contributed by atoms with Crippen molar-refractivity contribution in [3.05, 3.63) is 42.0 Å². The zero-order valence-corrected chi connectivity index (χ0v) is 13.4. The number of rotatable bonds is 3. The molecule has 0 aliphatic carbocycles. The van der Waals surface area contributed by atoms with Crippen LogP contribution >= 0.6 is 0 Å². The minimum Gasteiger partial charge on any atom is -0.282 e. The van der Waals surface area contributed by atoms with E-state index < -0.39 is 10.1 Å². The van der Waals surface area contributed by atoms with E-state index in [1.807, 2.05) is 25.1 Å². The van der Waals surface area contributed by atoms with Crippen LogP contribution in [0.5, 0.6) is 0 Å². The van der Waals surface area contributed by atoms with Crippen molar-refractivity contribution >= 4 is 50.4 Å². The summed E-state index contributed by atoms with van der Waals surface area (Å²) in [7, 11) is -4.18. The first kappa shape index (κ1) is 15.7. The molecule has 0 spiro atoms. The number of fused-ring (bicyclic) bond motifs is 1. The van der Waals surface area contributed by atoms with Gasteiger partial charge >= 0.3 is 0 Å². The largest absolute Gasteiger partial charge is 0.295 e. The standard InChI is InChI=1S/C13H14O3S.Na/c1-2-5-11-9-8-10-6-3-4-7-12(10)13(11)17(14,15)16;/h3-4,6-9H,2,5H2,1H3,(H,14,15,16);. The molecule has 2 aromatic carbocycles. The maximum absolute atomic E-state index is 11.5. The van der Waals surface area contributed by atoms with Gasteiger partial charge in [0.25, 0.3) is 10.1 Å². The first-order chi connectivity index (χ1) is 8.04. The van der Waals surface area contributed by atoms with Crippen molar-refractivity contribution in [2.24, 2.45) is 0 Å². The minimum atomic E-state index is -4.18. The van der Waals surface area contributed by atoms with Gasteiger partial charge in [0.15, 0.2) is 0 Å². The second kappa shape index (κ2) is 6.17. The van der Waals surface area contributed by atoms with Crippen molar-refractivity contribution in [2.75, 3.05) is 0 Å². The summed E-state index contributed by atoms with van der Waals surface area (Å²) >= 11 is 0. The molecule has 0 heterocycles. The van der Waals surface area contributed by atoms with Crippen LogP contribution < -0.4 is 0 Å². The fourth-order valence-corrected chi connectivity index (χ4v) is 3.02. The Morgan fingerprint density at radius 2 is 1.78 bits per heavy atom. The van der Waals surface area contributed by atoms with E-state index in [2.05, 4.69) is 0 Å². The van der Waals surface area contributed by atoms with E-state index in [1.54, 1.807) is 18.2 Å². The molecule has 0 amide bonds. The summed E-state index contributed by atoms with van der Waals surface area (Å²) in [6, 6.07) is 10.8. The van der Waals surface area contributed by atoms with Gasteiger partial charge in [-0.2, -0.15) is 8.42 Å². The summed E-state index contributed by atoms with van der Waals surface area (Å²) in [4.78, 5) is 0.0532. The topological polar surface area (TPSA) is 54.4 Å². The maximum atomic E-state index is 11.5. The van der Waals surface area contributed by atoms with E-state index >= 15 is 0 Å². The summed E-state index contributed by atoms with van der Waals surface area (Å²) in [5, 5.41) is 1.40.